The van der Waals surface area contributed by atoms with Gasteiger partial charge in [-0.05, 0) is 29.9 Å². The number of carbonyl (C=O) groups is 2. The molecule has 32 heavy (non-hydrogen) atoms. The van der Waals surface area contributed by atoms with Crippen LogP contribution >= 0.6 is 0 Å². The molecule has 1 fully saturated rings. The van der Waals surface area contributed by atoms with Crippen molar-refractivity contribution >= 4 is 11.8 Å². The molecule has 0 bridgehead atoms. The number of aromatic nitrogens is 2. The number of nitrogens with two attached hydrogens (primary N) is 1. The van der Waals surface area contributed by atoms with Crippen molar-refractivity contribution in [1.29, 1.82) is 0 Å². The van der Waals surface area contributed by atoms with Gasteiger partial charge in [0.2, 0.25) is 5.91 Å². The van der Waals surface area contributed by atoms with E-state index in [9.17, 15) is 9.59 Å². The lowest BCUT2D eigenvalue weighted by Gasteiger charge is -2.48. The monoisotopic (exact) mass is 428 g/mol. The smallest absolute Gasteiger partial charge is 0.275 e. The van der Waals surface area contributed by atoms with Gasteiger partial charge in [-0.1, -0.05) is 79.9 Å². The highest BCUT2D eigenvalue weighted by molar-refractivity contribution is 5.98. The highest BCUT2D eigenvalue weighted by Crippen LogP contribution is 2.45. The van der Waals surface area contributed by atoms with E-state index in [1.165, 1.54) is 18.6 Å². The first-order valence-electron chi connectivity index (χ1n) is 11.1. The molecule has 1 saturated carbocycles. The van der Waals surface area contributed by atoms with E-state index in [1.54, 1.807) is 4.90 Å². The maximum Gasteiger partial charge on any atom is 0.275 e. The van der Waals surface area contributed by atoms with E-state index >= 15 is 0 Å². The molecule has 0 radical (unpaired) electrons. The van der Waals surface area contributed by atoms with Crippen LogP contribution in [0.5, 0.6) is 0 Å². The summed E-state index contributed by atoms with van der Waals surface area (Å²) < 4.78 is 0. The third-order valence-electron chi connectivity index (χ3n) is 6.42. The van der Waals surface area contributed by atoms with Gasteiger partial charge in [0.25, 0.3) is 5.91 Å². The minimum atomic E-state index is -1.29. The van der Waals surface area contributed by atoms with Crippen LogP contribution in [0.4, 0.5) is 0 Å². The number of hydrogen-bond donors (Lipinski definition) is 1. The molecule has 1 atom stereocenters. The quantitative estimate of drug-likeness (QED) is 0.614. The Hall–Kier alpha value is -3.54. The van der Waals surface area contributed by atoms with Gasteiger partial charge in [-0.25, -0.2) is 4.98 Å². The van der Waals surface area contributed by atoms with E-state index in [2.05, 4.69) is 9.97 Å². The fourth-order valence-electron chi connectivity index (χ4n) is 4.97. The lowest BCUT2D eigenvalue weighted by Crippen LogP contribution is -2.61. The number of amides is 2. The van der Waals surface area contributed by atoms with Crippen LogP contribution in [0.1, 0.15) is 53.7 Å². The van der Waals surface area contributed by atoms with Crippen molar-refractivity contribution in [3.8, 4) is 0 Å². The summed E-state index contributed by atoms with van der Waals surface area (Å²) in [4.78, 5) is 37.4. The predicted molar refractivity (Wildman–Crippen MR) is 122 cm³/mol. The van der Waals surface area contributed by atoms with Crippen LogP contribution in [0.2, 0.25) is 0 Å². The SMILES string of the molecule is NC(=O)C(c1ccccc1)(C1CCCCC1)N(Cc1ccccc1)C(=O)c1cnccn1. The van der Waals surface area contributed by atoms with E-state index < -0.39 is 11.4 Å². The predicted octanol–water partition coefficient (Wildman–Crippen LogP) is 4.08. The molecule has 6 heteroatoms. The molecule has 2 aromatic carbocycles. The first-order chi connectivity index (χ1) is 15.6. The molecule has 0 spiro atoms. The number of primary amides is 1. The van der Waals surface area contributed by atoms with Crippen molar-refractivity contribution in [2.24, 2.45) is 11.7 Å². The highest BCUT2D eigenvalue weighted by Gasteiger charge is 2.52. The summed E-state index contributed by atoms with van der Waals surface area (Å²) in [5, 5.41) is 0. The maximum absolute atomic E-state index is 13.9. The van der Waals surface area contributed by atoms with Gasteiger partial charge in [0.05, 0.1) is 6.20 Å². The fraction of sp³-hybridized carbons (Fsp3) is 0.308. The molecule has 0 saturated heterocycles. The summed E-state index contributed by atoms with van der Waals surface area (Å²) in [7, 11) is 0. The van der Waals surface area contributed by atoms with Crippen molar-refractivity contribution in [3.05, 3.63) is 96.1 Å². The van der Waals surface area contributed by atoms with Crippen LogP contribution < -0.4 is 5.73 Å². The largest absolute Gasteiger partial charge is 0.367 e. The van der Waals surface area contributed by atoms with Crippen LogP contribution in [0.25, 0.3) is 0 Å². The first-order valence-corrected chi connectivity index (χ1v) is 11.1. The van der Waals surface area contributed by atoms with Crippen LogP contribution in [0.15, 0.2) is 79.3 Å². The van der Waals surface area contributed by atoms with Crippen molar-refractivity contribution in [1.82, 2.24) is 14.9 Å². The molecular weight excluding hydrogens is 400 g/mol. The topological polar surface area (TPSA) is 89.2 Å². The highest BCUT2D eigenvalue weighted by atomic mass is 16.2. The zero-order valence-corrected chi connectivity index (χ0v) is 18.1. The Labute approximate surface area is 188 Å². The Balaban J connectivity index is 1.92. The second-order valence-corrected chi connectivity index (χ2v) is 8.30. The van der Waals surface area contributed by atoms with Crippen molar-refractivity contribution in [2.75, 3.05) is 0 Å². The van der Waals surface area contributed by atoms with Crippen molar-refractivity contribution < 1.29 is 9.59 Å². The standard InChI is InChI=1S/C26H28N4O2/c27-25(32)26(21-12-6-2-7-13-21,22-14-8-3-9-15-22)30(19-20-10-4-1-5-11-20)24(31)23-18-28-16-17-29-23/h1-2,4-7,10-13,16-18,22H,3,8-9,14-15,19H2,(H2,27,32). The average molecular weight is 429 g/mol. The molecule has 6 nitrogen and oxygen atoms in total. The van der Waals surface area contributed by atoms with Crippen LogP contribution in [-0.2, 0) is 16.9 Å². The summed E-state index contributed by atoms with van der Waals surface area (Å²) >= 11 is 0. The summed E-state index contributed by atoms with van der Waals surface area (Å²) in [5.41, 5.74) is 6.81. The Kier molecular flexibility index (Phi) is 6.59. The molecule has 0 aliphatic heterocycles. The Morgan fingerprint density at radius 3 is 2.19 bits per heavy atom. The number of rotatable bonds is 7. The first kappa shape index (κ1) is 21.7. The van der Waals surface area contributed by atoms with Crippen molar-refractivity contribution in [3.63, 3.8) is 0 Å². The van der Waals surface area contributed by atoms with Crippen LogP contribution in [0.3, 0.4) is 0 Å². The third-order valence-corrected chi connectivity index (χ3v) is 6.42. The molecule has 164 valence electrons. The molecule has 1 aliphatic carbocycles. The van der Waals surface area contributed by atoms with Gasteiger partial charge in [0, 0.05) is 18.9 Å². The minimum absolute atomic E-state index is 0.0829. The van der Waals surface area contributed by atoms with E-state index in [0.29, 0.717) is 0 Å². The molecular formula is C26H28N4O2. The fourth-order valence-corrected chi connectivity index (χ4v) is 4.97. The van der Waals surface area contributed by atoms with Gasteiger partial charge in [-0.15, -0.1) is 0 Å². The number of nitrogens with zero attached hydrogens (tertiary/aromatic N) is 3. The van der Waals surface area contributed by atoms with Gasteiger partial charge >= 0.3 is 0 Å². The molecule has 1 aliphatic rings. The number of benzene rings is 2. The van der Waals surface area contributed by atoms with Gasteiger partial charge in [0.15, 0.2) is 0 Å². The summed E-state index contributed by atoms with van der Waals surface area (Å²) in [6.07, 6.45) is 9.25. The van der Waals surface area contributed by atoms with Gasteiger partial charge in [-0.2, -0.15) is 0 Å². The Morgan fingerprint density at radius 2 is 1.59 bits per heavy atom. The third kappa shape index (κ3) is 4.13. The normalized spacial score (nSPS) is 16.1. The van der Waals surface area contributed by atoms with Crippen LogP contribution in [-0.4, -0.2) is 26.7 Å². The van der Waals surface area contributed by atoms with Gasteiger partial charge in [-0.3, -0.25) is 14.6 Å². The summed E-state index contributed by atoms with van der Waals surface area (Å²) in [5.74, 6) is -0.945. The molecule has 1 unspecified atom stereocenters. The molecule has 1 aromatic heterocycles. The van der Waals surface area contributed by atoms with E-state index in [4.69, 9.17) is 5.73 Å². The zero-order chi connectivity index (χ0) is 22.4. The number of hydrogen-bond acceptors (Lipinski definition) is 4. The number of carbonyl (C=O) groups excluding carboxylic acids is 2. The van der Waals surface area contributed by atoms with E-state index in [-0.39, 0.29) is 24.1 Å². The van der Waals surface area contributed by atoms with Crippen molar-refractivity contribution in [2.45, 2.75) is 44.2 Å². The summed E-state index contributed by atoms with van der Waals surface area (Å²) in [6.45, 7) is 0.241. The molecule has 3 aromatic rings. The van der Waals surface area contributed by atoms with Crippen LogP contribution in [0, 0.1) is 5.92 Å². The van der Waals surface area contributed by atoms with E-state index in [0.717, 1.165) is 43.2 Å². The second kappa shape index (κ2) is 9.73. The van der Waals surface area contributed by atoms with Gasteiger partial charge in [0.1, 0.15) is 11.2 Å². The minimum Gasteiger partial charge on any atom is -0.367 e. The average Bonchev–Trinajstić information content (AvgIpc) is 2.86. The second-order valence-electron chi connectivity index (χ2n) is 8.30. The molecule has 1 heterocycles. The van der Waals surface area contributed by atoms with E-state index in [1.807, 2.05) is 60.7 Å². The molecule has 2 amide bonds. The maximum atomic E-state index is 13.9. The Morgan fingerprint density at radius 1 is 0.938 bits per heavy atom. The lowest BCUT2D eigenvalue weighted by atomic mass is 9.69. The summed E-state index contributed by atoms with van der Waals surface area (Å²) in [6, 6.07) is 19.2. The zero-order valence-electron chi connectivity index (χ0n) is 18.1. The molecule has 4 rings (SSSR count). The lowest BCUT2D eigenvalue weighted by molar-refractivity contribution is -0.135. The Bertz CT molecular complexity index is 1040. The molecule has 2 N–H and O–H groups in total. The van der Waals surface area contributed by atoms with Gasteiger partial charge < -0.3 is 10.6 Å².